The van der Waals surface area contributed by atoms with Gasteiger partial charge in [0, 0.05) is 15.1 Å². The van der Waals surface area contributed by atoms with E-state index >= 15 is 0 Å². The Labute approximate surface area is 228 Å². The first kappa shape index (κ1) is 26.6. The van der Waals surface area contributed by atoms with Crippen molar-refractivity contribution < 1.29 is 31.5 Å². The van der Waals surface area contributed by atoms with Crippen LogP contribution >= 0.6 is 50.1 Å². The lowest BCUT2D eigenvalue weighted by atomic mass is 10.1. The number of benzene rings is 3. The van der Waals surface area contributed by atoms with Crippen molar-refractivity contribution in [1.29, 1.82) is 0 Å². The Morgan fingerprint density at radius 2 is 1.61 bits per heavy atom. The molecule has 1 amide bonds. The molecule has 4 nitrogen and oxygen atoms in total. The number of rotatable bonds is 5. The lowest BCUT2D eigenvalue weighted by Gasteiger charge is -2.15. The fourth-order valence-corrected chi connectivity index (χ4v) is 5.18. The second-order valence-electron chi connectivity index (χ2n) is 7.50. The zero-order valence-electron chi connectivity index (χ0n) is 18.0. The minimum Gasteiger partial charge on any atom is -0.487 e. The van der Waals surface area contributed by atoms with E-state index in [0.29, 0.717) is 24.4 Å². The molecule has 1 aliphatic rings. The summed E-state index contributed by atoms with van der Waals surface area (Å²) in [4.78, 5) is 13.0. The Morgan fingerprint density at radius 1 is 1.03 bits per heavy atom. The Bertz CT molecular complexity index is 1440. The highest BCUT2D eigenvalue weighted by molar-refractivity contribution is 14.1. The number of halogens is 8. The summed E-state index contributed by atoms with van der Waals surface area (Å²) in [6.07, 6.45) is 1.37. The smallest absolute Gasteiger partial charge is 0.280 e. The highest BCUT2D eigenvalue weighted by Gasteiger charge is 2.37. The molecule has 1 heterocycles. The summed E-state index contributed by atoms with van der Waals surface area (Å²) in [6, 6.07) is 10.4. The van der Waals surface area contributed by atoms with Gasteiger partial charge in [0.1, 0.15) is 18.0 Å². The second-order valence-corrected chi connectivity index (χ2v) is 10.0. The maximum Gasteiger partial charge on any atom is 0.280 e. The lowest BCUT2D eigenvalue weighted by molar-refractivity contribution is -0.114. The molecule has 0 N–H and O–H groups in total. The van der Waals surface area contributed by atoms with Crippen LogP contribution < -0.4 is 9.75 Å². The Hall–Kier alpha value is -2.51. The molecule has 0 bridgehead atoms. The van der Waals surface area contributed by atoms with Crippen molar-refractivity contribution >= 4 is 73.5 Å². The summed E-state index contributed by atoms with van der Waals surface area (Å²) in [7, 11) is 0. The van der Waals surface area contributed by atoms with Crippen LogP contribution in [0.25, 0.3) is 6.08 Å². The van der Waals surface area contributed by atoms with E-state index in [4.69, 9.17) is 16.3 Å². The minimum absolute atomic E-state index is 0.00239. The monoisotopic (exact) mass is 696 g/mol. The van der Waals surface area contributed by atoms with Crippen molar-refractivity contribution in [3.8, 4) is 5.75 Å². The van der Waals surface area contributed by atoms with E-state index in [0.717, 1.165) is 5.56 Å². The first-order valence-electron chi connectivity index (χ1n) is 9.99. The van der Waals surface area contributed by atoms with E-state index in [1.54, 1.807) is 36.4 Å². The SMILES string of the molecule is CC1=NN(c2c(F)c(F)c(F)c(F)c2F)C(=O)/C1=C\c1cc(Br)cc(I)c1OCc1ccc(Cl)cc1. The third-order valence-electron chi connectivity index (χ3n) is 5.09. The third kappa shape index (κ3) is 5.00. The van der Waals surface area contributed by atoms with Crippen molar-refractivity contribution in [3.05, 3.63) is 95.2 Å². The zero-order chi connectivity index (χ0) is 26.3. The van der Waals surface area contributed by atoms with Crippen LogP contribution in [0.5, 0.6) is 5.75 Å². The Morgan fingerprint density at radius 3 is 2.22 bits per heavy atom. The number of hydrazone groups is 1. The average molecular weight is 698 g/mol. The molecule has 0 aromatic heterocycles. The van der Waals surface area contributed by atoms with E-state index in [-0.39, 0.29) is 22.9 Å². The van der Waals surface area contributed by atoms with Crippen LogP contribution in [0.2, 0.25) is 5.02 Å². The normalized spacial score (nSPS) is 14.6. The minimum atomic E-state index is -2.33. The predicted octanol–water partition coefficient (Wildman–Crippen LogP) is 7.79. The summed E-state index contributed by atoms with van der Waals surface area (Å²) in [5.41, 5.74) is -0.335. The van der Waals surface area contributed by atoms with Crippen LogP contribution in [0.1, 0.15) is 18.1 Å². The van der Waals surface area contributed by atoms with Crippen LogP contribution in [0.15, 0.2) is 51.5 Å². The molecule has 36 heavy (non-hydrogen) atoms. The molecule has 0 radical (unpaired) electrons. The molecule has 0 spiro atoms. The van der Waals surface area contributed by atoms with Crippen LogP contribution in [0.3, 0.4) is 0 Å². The van der Waals surface area contributed by atoms with E-state index in [2.05, 4.69) is 21.0 Å². The molecule has 0 saturated carbocycles. The lowest BCUT2D eigenvalue weighted by Crippen LogP contribution is -2.25. The van der Waals surface area contributed by atoms with Crippen LogP contribution in [-0.2, 0) is 11.4 Å². The van der Waals surface area contributed by atoms with Gasteiger partial charge >= 0.3 is 0 Å². The van der Waals surface area contributed by atoms with E-state index in [9.17, 15) is 26.7 Å². The maximum atomic E-state index is 14.3. The van der Waals surface area contributed by atoms with Gasteiger partial charge in [0.2, 0.25) is 5.82 Å². The highest BCUT2D eigenvalue weighted by Crippen LogP contribution is 2.36. The molecule has 0 fully saturated rings. The zero-order valence-corrected chi connectivity index (χ0v) is 22.5. The summed E-state index contributed by atoms with van der Waals surface area (Å²) < 4.78 is 76.9. The number of hydrogen-bond acceptors (Lipinski definition) is 3. The second kappa shape index (κ2) is 10.5. The quantitative estimate of drug-likeness (QED) is 0.0899. The Balaban J connectivity index is 1.73. The van der Waals surface area contributed by atoms with Crippen LogP contribution in [0.4, 0.5) is 27.6 Å². The van der Waals surface area contributed by atoms with Crippen LogP contribution in [-0.4, -0.2) is 11.6 Å². The van der Waals surface area contributed by atoms with E-state index in [1.807, 2.05) is 22.6 Å². The summed E-state index contributed by atoms with van der Waals surface area (Å²) in [6.45, 7) is 1.54. The molecule has 4 rings (SSSR count). The number of carbonyl (C=O) groups excluding carboxylic acids is 1. The van der Waals surface area contributed by atoms with Gasteiger partial charge in [-0.15, -0.1) is 0 Å². The van der Waals surface area contributed by atoms with E-state index in [1.165, 1.54) is 13.0 Å². The first-order chi connectivity index (χ1) is 17.0. The predicted molar refractivity (Wildman–Crippen MR) is 137 cm³/mol. The number of ether oxygens (including phenoxy) is 1. The van der Waals surface area contributed by atoms with Gasteiger partial charge in [-0.2, -0.15) is 10.1 Å². The van der Waals surface area contributed by atoms with Gasteiger partial charge in [-0.3, -0.25) is 4.79 Å². The van der Waals surface area contributed by atoms with Crippen molar-refractivity contribution in [2.45, 2.75) is 13.5 Å². The van der Waals surface area contributed by atoms with E-state index < -0.39 is 40.7 Å². The van der Waals surface area contributed by atoms with Gasteiger partial charge in [0.15, 0.2) is 23.3 Å². The third-order valence-corrected chi connectivity index (χ3v) is 6.61. The molecule has 0 unspecified atom stereocenters. The standard InChI is InChI=1S/C24H12BrClF5IN2O2/c1-10-15(24(35)34(33-10)22-20(30)18(28)17(27)19(29)21(22)31)7-12-6-13(25)8-16(32)23(12)36-9-11-2-4-14(26)5-3-11/h2-8H,9H2,1H3/b15-7-. The largest absolute Gasteiger partial charge is 0.487 e. The number of amides is 1. The van der Waals surface area contributed by atoms with Gasteiger partial charge in [-0.25, -0.2) is 22.0 Å². The molecule has 0 atom stereocenters. The molecule has 3 aromatic carbocycles. The molecular formula is C24H12BrClF5IN2O2. The number of hydrogen-bond donors (Lipinski definition) is 0. The molecule has 0 aliphatic carbocycles. The van der Waals surface area contributed by atoms with Crippen LogP contribution in [0, 0.1) is 32.7 Å². The number of carbonyl (C=O) groups is 1. The van der Waals surface area contributed by atoms with Crippen molar-refractivity contribution in [2.24, 2.45) is 5.10 Å². The fourth-order valence-electron chi connectivity index (χ4n) is 3.35. The van der Waals surface area contributed by atoms with Gasteiger partial charge in [0.05, 0.1) is 14.9 Å². The van der Waals surface area contributed by atoms with Crippen molar-refractivity contribution in [3.63, 3.8) is 0 Å². The number of nitrogens with zero attached hydrogens (tertiary/aromatic N) is 2. The molecular weight excluding hydrogens is 686 g/mol. The fraction of sp³-hybridized carbons (Fsp3) is 0.0833. The summed E-state index contributed by atoms with van der Waals surface area (Å²) in [5.74, 6) is -11.7. The molecule has 1 aliphatic heterocycles. The van der Waals surface area contributed by atoms with Gasteiger partial charge in [-0.1, -0.05) is 39.7 Å². The molecule has 3 aromatic rings. The summed E-state index contributed by atoms with van der Waals surface area (Å²) in [5, 5.41) is 4.48. The van der Waals surface area contributed by atoms with Gasteiger partial charge in [-0.05, 0) is 65.4 Å². The maximum absolute atomic E-state index is 14.3. The molecule has 12 heteroatoms. The van der Waals surface area contributed by atoms with Crippen molar-refractivity contribution in [1.82, 2.24) is 0 Å². The highest BCUT2D eigenvalue weighted by atomic mass is 127. The molecule has 0 saturated heterocycles. The molecule has 186 valence electrons. The topological polar surface area (TPSA) is 41.9 Å². The first-order valence-corrected chi connectivity index (χ1v) is 12.2. The van der Waals surface area contributed by atoms with Crippen molar-refractivity contribution in [2.75, 3.05) is 5.01 Å². The Kier molecular flexibility index (Phi) is 7.72. The van der Waals surface area contributed by atoms with Gasteiger partial charge < -0.3 is 4.74 Å². The van der Waals surface area contributed by atoms with Gasteiger partial charge in [0.25, 0.3) is 5.91 Å². The summed E-state index contributed by atoms with van der Waals surface area (Å²) >= 11 is 11.3. The average Bonchev–Trinajstić information content (AvgIpc) is 3.10. The number of anilines is 1.